The maximum absolute atomic E-state index is 12.1. The molecule has 1 heterocycles. The zero-order chi connectivity index (χ0) is 13.0. The van der Waals surface area contributed by atoms with Crippen LogP contribution in [0.15, 0.2) is 18.2 Å². The number of rotatable bonds is 4. The zero-order valence-corrected chi connectivity index (χ0v) is 10.9. The number of likely N-dealkylation sites (tertiary alicyclic amines) is 1. The van der Waals surface area contributed by atoms with Gasteiger partial charge in [0, 0.05) is 25.2 Å². The molecule has 1 aliphatic heterocycles. The van der Waals surface area contributed by atoms with Crippen LogP contribution in [0.5, 0.6) is 5.75 Å². The fraction of sp³-hybridized carbons (Fsp3) is 0.462. The Bertz CT molecular complexity index is 431. The highest BCUT2D eigenvalue weighted by atomic mass is 35.5. The van der Waals surface area contributed by atoms with Gasteiger partial charge in [-0.25, -0.2) is 0 Å². The molecule has 1 aliphatic rings. The van der Waals surface area contributed by atoms with Crippen LogP contribution in [0.1, 0.15) is 23.2 Å². The number of nitrogens with two attached hydrogens (primary N) is 1. The molecular formula is C13H17ClN2O2. The van der Waals surface area contributed by atoms with Crippen molar-refractivity contribution in [2.75, 3.05) is 26.2 Å². The van der Waals surface area contributed by atoms with Crippen molar-refractivity contribution in [3.05, 3.63) is 28.8 Å². The SMILES string of the molecule is NCCOc1ccc(C(=O)N2CCCC2)cc1Cl. The molecule has 0 spiro atoms. The monoisotopic (exact) mass is 268 g/mol. The van der Waals surface area contributed by atoms with E-state index in [0.29, 0.717) is 29.5 Å². The van der Waals surface area contributed by atoms with E-state index in [1.807, 2.05) is 4.90 Å². The number of nitrogens with zero attached hydrogens (tertiary/aromatic N) is 1. The Hall–Kier alpha value is -1.26. The molecular weight excluding hydrogens is 252 g/mol. The van der Waals surface area contributed by atoms with Gasteiger partial charge in [0.05, 0.1) is 5.02 Å². The van der Waals surface area contributed by atoms with Crippen molar-refractivity contribution >= 4 is 17.5 Å². The fourth-order valence-corrected chi connectivity index (χ4v) is 2.26. The van der Waals surface area contributed by atoms with Gasteiger partial charge in [-0.3, -0.25) is 4.79 Å². The van der Waals surface area contributed by atoms with E-state index in [2.05, 4.69) is 0 Å². The first-order chi connectivity index (χ1) is 8.72. The Morgan fingerprint density at radius 2 is 2.11 bits per heavy atom. The summed E-state index contributed by atoms with van der Waals surface area (Å²) in [6.07, 6.45) is 2.16. The first-order valence-electron chi connectivity index (χ1n) is 6.14. The lowest BCUT2D eigenvalue weighted by molar-refractivity contribution is 0.0793. The minimum atomic E-state index is 0.0415. The Balaban J connectivity index is 2.10. The van der Waals surface area contributed by atoms with E-state index in [1.54, 1.807) is 18.2 Å². The first-order valence-corrected chi connectivity index (χ1v) is 6.52. The van der Waals surface area contributed by atoms with E-state index in [9.17, 15) is 4.79 Å². The fourth-order valence-electron chi connectivity index (χ4n) is 2.02. The highest BCUT2D eigenvalue weighted by Gasteiger charge is 2.20. The summed E-state index contributed by atoms with van der Waals surface area (Å²) in [5, 5.41) is 0.452. The number of amides is 1. The smallest absolute Gasteiger partial charge is 0.253 e. The molecule has 2 rings (SSSR count). The summed E-state index contributed by atoms with van der Waals surface area (Å²) < 4.78 is 5.36. The van der Waals surface area contributed by atoms with E-state index in [0.717, 1.165) is 25.9 Å². The maximum atomic E-state index is 12.1. The summed E-state index contributed by atoms with van der Waals surface area (Å²) in [5.41, 5.74) is 5.97. The van der Waals surface area contributed by atoms with Crippen LogP contribution in [0, 0.1) is 0 Å². The van der Waals surface area contributed by atoms with Gasteiger partial charge in [0.1, 0.15) is 12.4 Å². The van der Waals surface area contributed by atoms with Gasteiger partial charge in [-0.2, -0.15) is 0 Å². The summed E-state index contributed by atoms with van der Waals surface area (Å²) >= 11 is 6.08. The maximum Gasteiger partial charge on any atom is 0.253 e. The molecule has 1 fully saturated rings. The molecule has 98 valence electrons. The van der Waals surface area contributed by atoms with Crippen molar-refractivity contribution in [3.8, 4) is 5.75 Å². The Morgan fingerprint density at radius 3 is 2.72 bits per heavy atom. The van der Waals surface area contributed by atoms with E-state index in [-0.39, 0.29) is 5.91 Å². The van der Waals surface area contributed by atoms with Crippen LogP contribution in [0.3, 0.4) is 0 Å². The van der Waals surface area contributed by atoms with Gasteiger partial charge >= 0.3 is 0 Å². The van der Waals surface area contributed by atoms with Gasteiger partial charge in [0.2, 0.25) is 0 Å². The largest absolute Gasteiger partial charge is 0.491 e. The van der Waals surface area contributed by atoms with Crippen LogP contribution in [-0.2, 0) is 0 Å². The molecule has 0 aliphatic carbocycles. The lowest BCUT2D eigenvalue weighted by Gasteiger charge is -2.16. The summed E-state index contributed by atoms with van der Waals surface area (Å²) in [7, 11) is 0. The van der Waals surface area contributed by atoms with Crippen LogP contribution < -0.4 is 10.5 Å². The Kier molecular flexibility index (Phi) is 4.44. The third kappa shape index (κ3) is 2.94. The minimum Gasteiger partial charge on any atom is -0.491 e. The third-order valence-corrected chi connectivity index (χ3v) is 3.24. The first kappa shape index (κ1) is 13.2. The number of hydrogen-bond acceptors (Lipinski definition) is 3. The molecule has 0 radical (unpaired) electrons. The van der Waals surface area contributed by atoms with Crippen molar-refractivity contribution in [1.29, 1.82) is 0 Å². The molecule has 18 heavy (non-hydrogen) atoms. The molecule has 0 atom stereocenters. The number of ether oxygens (including phenoxy) is 1. The van der Waals surface area contributed by atoms with Gasteiger partial charge < -0.3 is 15.4 Å². The quantitative estimate of drug-likeness (QED) is 0.908. The molecule has 0 unspecified atom stereocenters. The summed E-state index contributed by atoms with van der Waals surface area (Å²) in [6, 6.07) is 5.13. The normalized spacial score (nSPS) is 14.9. The summed E-state index contributed by atoms with van der Waals surface area (Å²) in [4.78, 5) is 14.0. The van der Waals surface area contributed by atoms with Crippen molar-refractivity contribution < 1.29 is 9.53 Å². The summed E-state index contributed by atoms with van der Waals surface area (Å²) in [5.74, 6) is 0.611. The van der Waals surface area contributed by atoms with E-state index in [4.69, 9.17) is 22.1 Å². The van der Waals surface area contributed by atoms with E-state index in [1.165, 1.54) is 0 Å². The van der Waals surface area contributed by atoms with Crippen LogP contribution in [0.2, 0.25) is 5.02 Å². The van der Waals surface area contributed by atoms with Gasteiger partial charge in [-0.05, 0) is 31.0 Å². The van der Waals surface area contributed by atoms with Gasteiger partial charge in [0.15, 0.2) is 0 Å². The van der Waals surface area contributed by atoms with Crippen LogP contribution in [0.4, 0.5) is 0 Å². The van der Waals surface area contributed by atoms with E-state index >= 15 is 0 Å². The predicted molar refractivity (Wildman–Crippen MR) is 71.1 cm³/mol. The number of carbonyl (C=O) groups is 1. The summed E-state index contributed by atoms with van der Waals surface area (Å²) in [6.45, 7) is 2.52. The zero-order valence-electron chi connectivity index (χ0n) is 10.2. The van der Waals surface area contributed by atoms with Gasteiger partial charge in [0.25, 0.3) is 5.91 Å². The van der Waals surface area contributed by atoms with Crippen LogP contribution in [0.25, 0.3) is 0 Å². The van der Waals surface area contributed by atoms with Crippen molar-refractivity contribution in [2.45, 2.75) is 12.8 Å². The molecule has 0 bridgehead atoms. The molecule has 1 saturated heterocycles. The minimum absolute atomic E-state index is 0.0415. The average molecular weight is 269 g/mol. The molecule has 1 amide bonds. The molecule has 4 nitrogen and oxygen atoms in total. The molecule has 0 saturated carbocycles. The third-order valence-electron chi connectivity index (χ3n) is 2.95. The Morgan fingerprint density at radius 1 is 1.39 bits per heavy atom. The lowest BCUT2D eigenvalue weighted by atomic mass is 10.2. The molecule has 1 aromatic carbocycles. The lowest BCUT2D eigenvalue weighted by Crippen LogP contribution is -2.27. The van der Waals surface area contributed by atoms with Crippen LogP contribution in [-0.4, -0.2) is 37.0 Å². The van der Waals surface area contributed by atoms with Crippen molar-refractivity contribution in [2.24, 2.45) is 5.73 Å². The molecule has 2 N–H and O–H groups in total. The van der Waals surface area contributed by atoms with Crippen molar-refractivity contribution in [3.63, 3.8) is 0 Å². The second-order valence-electron chi connectivity index (χ2n) is 4.28. The molecule has 1 aromatic rings. The average Bonchev–Trinajstić information content (AvgIpc) is 2.90. The molecule has 5 heteroatoms. The Labute approximate surface area is 112 Å². The highest BCUT2D eigenvalue weighted by Crippen LogP contribution is 2.26. The topological polar surface area (TPSA) is 55.6 Å². The van der Waals surface area contributed by atoms with Gasteiger partial charge in [-0.15, -0.1) is 0 Å². The predicted octanol–water partition coefficient (Wildman–Crippen LogP) is 1.91. The van der Waals surface area contributed by atoms with E-state index < -0.39 is 0 Å². The highest BCUT2D eigenvalue weighted by molar-refractivity contribution is 6.32. The number of benzene rings is 1. The van der Waals surface area contributed by atoms with Crippen molar-refractivity contribution in [1.82, 2.24) is 4.90 Å². The standard InChI is InChI=1S/C13H17ClN2O2/c14-11-9-10(3-4-12(11)18-8-5-15)13(17)16-6-1-2-7-16/h3-4,9H,1-2,5-8,15H2. The number of carbonyl (C=O) groups excluding carboxylic acids is 1. The molecule has 0 aromatic heterocycles. The van der Waals surface area contributed by atoms with Gasteiger partial charge in [-0.1, -0.05) is 11.6 Å². The number of hydrogen-bond donors (Lipinski definition) is 1. The number of halogens is 1. The van der Waals surface area contributed by atoms with Crippen LogP contribution >= 0.6 is 11.6 Å². The second-order valence-corrected chi connectivity index (χ2v) is 4.69. The second kappa shape index (κ2) is 6.07.